The molecule has 2 amide bonds. The number of primary sulfonamides is 1. The lowest BCUT2D eigenvalue weighted by Crippen LogP contribution is -2.47. The Morgan fingerprint density at radius 1 is 1.15 bits per heavy atom. The van der Waals surface area contributed by atoms with Gasteiger partial charge < -0.3 is 10.2 Å². The van der Waals surface area contributed by atoms with E-state index in [1.165, 1.54) is 24.5 Å². The molecule has 3 N–H and O–H groups in total. The molecule has 34 heavy (non-hydrogen) atoms. The summed E-state index contributed by atoms with van der Waals surface area (Å²) in [6.45, 7) is 3.43. The highest BCUT2D eigenvalue weighted by molar-refractivity contribution is 7.89. The van der Waals surface area contributed by atoms with Gasteiger partial charge >= 0.3 is 6.03 Å². The Balaban J connectivity index is 1.37. The summed E-state index contributed by atoms with van der Waals surface area (Å²) in [5.74, 6) is 0.203. The number of urea groups is 1. The molecule has 1 saturated carbocycles. The Bertz CT molecular complexity index is 1290. The molecule has 0 radical (unpaired) electrons. The number of nitrogens with two attached hydrogens (primary N) is 1. The van der Waals surface area contributed by atoms with E-state index < -0.39 is 10.0 Å². The van der Waals surface area contributed by atoms with Gasteiger partial charge in [-0.2, -0.15) is 0 Å². The first kappa shape index (κ1) is 22.8. The fourth-order valence-electron chi connectivity index (χ4n) is 5.27. The molecule has 1 atom stereocenters. The average Bonchev–Trinajstić information content (AvgIpc) is 3.48. The van der Waals surface area contributed by atoms with Crippen LogP contribution in [0.15, 0.2) is 59.1 Å². The van der Waals surface area contributed by atoms with Crippen LogP contribution in [0.1, 0.15) is 43.9 Å². The fourth-order valence-corrected chi connectivity index (χ4v) is 5.83. The number of carbonyl (C=O) groups is 1. The van der Waals surface area contributed by atoms with Crippen LogP contribution < -0.4 is 10.5 Å². The number of hydrogen-bond acceptors (Lipinski definition) is 4. The zero-order chi connectivity index (χ0) is 23.9. The topological polar surface area (TPSA) is 105 Å². The molecule has 8 heteroatoms. The number of fused-ring (bicyclic) bond motifs is 1. The van der Waals surface area contributed by atoms with Gasteiger partial charge in [0.15, 0.2) is 0 Å². The van der Waals surface area contributed by atoms with Crippen molar-refractivity contribution in [3.8, 4) is 11.1 Å². The average molecular weight is 479 g/mol. The van der Waals surface area contributed by atoms with Gasteiger partial charge in [0.25, 0.3) is 0 Å². The van der Waals surface area contributed by atoms with Crippen LogP contribution in [0.3, 0.4) is 0 Å². The van der Waals surface area contributed by atoms with Gasteiger partial charge in [-0.1, -0.05) is 44.1 Å². The fraction of sp³-hybridized carbons (Fsp3) is 0.385. The molecule has 7 nitrogen and oxygen atoms in total. The standard InChI is InChI=1S/C26H30N4O3S/c1-17-16-30(26(31)29-20-6-2-3-7-20)12-11-22(17)23-9-10-25-24(23)14-19(15-28-25)18-5-4-8-21(13-18)34(27,32)33/h4-5,8-9,11,13-15,17,20H,2-3,6-7,10,12,16H2,1H3,(H,29,31)(H2,27,32,33). The minimum atomic E-state index is -3.78. The van der Waals surface area contributed by atoms with Crippen LogP contribution in [0.5, 0.6) is 0 Å². The molecule has 1 aliphatic heterocycles. The molecule has 2 heterocycles. The third-order valence-corrected chi connectivity index (χ3v) is 8.00. The Labute approximate surface area is 200 Å². The van der Waals surface area contributed by atoms with Crippen molar-refractivity contribution < 1.29 is 13.2 Å². The van der Waals surface area contributed by atoms with Crippen LogP contribution in [0, 0.1) is 5.92 Å². The number of benzene rings is 1. The van der Waals surface area contributed by atoms with Crippen LogP contribution in [-0.2, 0) is 16.4 Å². The Morgan fingerprint density at radius 3 is 2.68 bits per heavy atom. The molecular formula is C26H30N4O3S. The predicted molar refractivity (Wildman–Crippen MR) is 132 cm³/mol. The van der Waals surface area contributed by atoms with Crippen LogP contribution in [0.2, 0.25) is 0 Å². The second kappa shape index (κ2) is 9.00. The highest BCUT2D eigenvalue weighted by Crippen LogP contribution is 2.38. The smallest absolute Gasteiger partial charge is 0.317 e. The lowest BCUT2D eigenvalue weighted by atomic mass is 9.87. The number of amides is 2. The Kier molecular flexibility index (Phi) is 6.04. The third-order valence-electron chi connectivity index (χ3n) is 7.09. The van der Waals surface area contributed by atoms with Crippen LogP contribution in [-0.4, -0.2) is 43.5 Å². The Morgan fingerprint density at radius 2 is 1.94 bits per heavy atom. The molecule has 2 aromatic rings. The summed E-state index contributed by atoms with van der Waals surface area (Å²) >= 11 is 0. The third kappa shape index (κ3) is 4.52. The van der Waals surface area contributed by atoms with Gasteiger partial charge in [0.2, 0.25) is 10.0 Å². The maximum absolute atomic E-state index is 12.7. The molecule has 1 aromatic carbocycles. The number of pyridine rings is 1. The van der Waals surface area contributed by atoms with Gasteiger partial charge in [-0.3, -0.25) is 4.98 Å². The molecule has 0 spiro atoms. The van der Waals surface area contributed by atoms with Crippen LogP contribution >= 0.6 is 0 Å². The number of rotatable bonds is 4. The Hall–Kier alpha value is -2.97. The molecule has 3 aliphatic rings. The van der Waals surface area contributed by atoms with E-state index in [0.29, 0.717) is 19.1 Å². The highest BCUT2D eigenvalue weighted by Gasteiger charge is 2.29. The molecule has 0 bridgehead atoms. The minimum absolute atomic E-state index is 0.0357. The number of nitrogens with one attached hydrogen (secondary N) is 1. The first-order valence-electron chi connectivity index (χ1n) is 11.9. The van der Waals surface area contributed by atoms with Crippen molar-refractivity contribution in [3.05, 3.63) is 65.5 Å². The number of hydrogen-bond donors (Lipinski definition) is 2. The zero-order valence-corrected chi connectivity index (χ0v) is 20.1. The van der Waals surface area contributed by atoms with Crippen LogP contribution in [0.25, 0.3) is 16.7 Å². The summed E-state index contributed by atoms with van der Waals surface area (Å²) < 4.78 is 23.6. The van der Waals surface area contributed by atoms with Crippen molar-refractivity contribution in [2.45, 2.75) is 50.0 Å². The van der Waals surface area contributed by atoms with E-state index >= 15 is 0 Å². The van der Waals surface area contributed by atoms with Gasteiger partial charge in [-0.05, 0) is 53.7 Å². The van der Waals surface area contributed by atoms with Crippen LogP contribution in [0.4, 0.5) is 4.79 Å². The summed E-state index contributed by atoms with van der Waals surface area (Å²) in [5.41, 5.74) is 6.08. The normalized spacial score (nSPS) is 20.6. The number of aromatic nitrogens is 1. The molecule has 5 rings (SSSR count). The monoisotopic (exact) mass is 478 g/mol. The second-order valence-corrected chi connectivity index (χ2v) is 11.1. The maximum atomic E-state index is 12.7. The van der Waals surface area contributed by atoms with Crippen molar-refractivity contribution in [2.24, 2.45) is 11.1 Å². The number of carbonyl (C=O) groups excluding carboxylic acids is 1. The number of allylic oxidation sites excluding steroid dienone is 2. The van der Waals surface area contributed by atoms with Gasteiger partial charge in [0.05, 0.1) is 10.6 Å². The summed E-state index contributed by atoms with van der Waals surface area (Å²) in [6, 6.07) is 9.06. The molecule has 178 valence electrons. The molecule has 1 fully saturated rings. The predicted octanol–water partition coefficient (Wildman–Crippen LogP) is 3.87. The highest BCUT2D eigenvalue weighted by atomic mass is 32.2. The van der Waals surface area contributed by atoms with E-state index in [2.05, 4.69) is 35.4 Å². The van der Waals surface area contributed by atoms with Gasteiger partial charge in [-0.25, -0.2) is 18.4 Å². The second-order valence-electron chi connectivity index (χ2n) is 9.51. The van der Waals surface area contributed by atoms with E-state index in [9.17, 15) is 13.2 Å². The molecule has 2 aliphatic carbocycles. The summed E-state index contributed by atoms with van der Waals surface area (Å²) in [7, 11) is -3.78. The van der Waals surface area contributed by atoms with E-state index in [0.717, 1.165) is 47.2 Å². The molecule has 1 aromatic heterocycles. The van der Waals surface area contributed by atoms with E-state index in [1.807, 2.05) is 11.0 Å². The van der Waals surface area contributed by atoms with Gasteiger partial charge in [0.1, 0.15) is 0 Å². The van der Waals surface area contributed by atoms with Gasteiger partial charge in [-0.15, -0.1) is 0 Å². The first-order chi connectivity index (χ1) is 16.3. The summed E-state index contributed by atoms with van der Waals surface area (Å²) in [5, 5.41) is 8.51. The number of sulfonamides is 1. The lowest BCUT2D eigenvalue weighted by Gasteiger charge is -2.33. The first-order valence-corrected chi connectivity index (χ1v) is 13.4. The van der Waals surface area contributed by atoms with E-state index in [4.69, 9.17) is 5.14 Å². The van der Waals surface area contributed by atoms with Crippen molar-refractivity contribution >= 4 is 21.6 Å². The lowest BCUT2D eigenvalue weighted by molar-refractivity contribution is 0.191. The maximum Gasteiger partial charge on any atom is 0.317 e. The van der Waals surface area contributed by atoms with Crippen molar-refractivity contribution in [2.75, 3.05) is 13.1 Å². The molecular weight excluding hydrogens is 448 g/mol. The number of nitrogens with zero attached hydrogens (tertiary/aromatic N) is 2. The van der Waals surface area contributed by atoms with Crippen molar-refractivity contribution in [3.63, 3.8) is 0 Å². The van der Waals surface area contributed by atoms with Crippen molar-refractivity contribution in [1.82, 2.24) is 15.2 Å². The molecule has 1 unspecified atom stereocenters. The zero-order valence-electron chi connectivity index (χ0n) is 19.3. The molecule has 0 saturated heterocycles. The van der Waals surface area contributed by atoms with Gasteiger partial charge in [0, 0.05) is 42.9 Å². The van der Waals surface area contributed by atoms with E-state index in [-0.39, 0.29) is 16.8 Å². The minimum Gasteiger partial charge on any atom is -0.335 e. The SMILES string of the molecule is CC1CN(C(=O)NC2CCCC2)CC=C1C1=CCc2ncc(-c3cccc(S(N)(=O)=O)c3)cc21. The van der Waals surface area contributed by atoms with E-state index in [1.54, 1.807) is 18.3 Å². The van der Waals surface area contributed by atoms with Crippen molar-refractivity contribution in [1.29, 1.82) is 0 Å². The largest absolute Gasteiger partial charge is 0.335 e. The summed E-state index contributed by atoms with van der Waals surface area (Å²) in [4.78, 5) is 19.4. The quantitative estimate of drug-likeness (QED) is 0.696. The summed E-state index contributed by atoms with van der Waals surface area (Å²) in [6.07, 6.45) is 11.5.